The molecule has 0 saturated carbocycles. The van der Waals surface area contributed by atoms with E-state index >= 15 is 0 Å². The summed E-state index contributed by atoms with van der Waals surface area (Å²) in [5.41, 5.74) is 14.5. The zero-order chi connectivity index (χ0) is 13.2. The van der Waals surface area contributed by atoms with Crippen LogP contribution in [0.4, 0.5) is 5.69 Å². The van der Waals surface area contributed by atoms with Crippen LogP contribution in [0.15, 0.2) is 29.4 Å². The first-order valence-corrected chi connectivity index (χ1v) is 5.49. The molecule has 0 aliphatic carbocycles. The molecule has 7 nitrogen and oxygen atoms in total. The van der Waals surface area contributed by atoms with Gasteiger partial charge in [-0.1, -0.05) is 17.2 Å². The van der Waals surface area contributed by atoms with Crippen LogP contribution in [-0.2, 0) is 4.74 Å². The molecular weight excluding hydrogens is 234 g/mol. The summed E-state index contributed by atoms with van der Waals surface area (Å²) in [5, 5.41) is 6.12. The fourth-order valence-corrected chi connectivity index (χ4v) is 1.26. The summed E-state index contributed by atoms with van der Waals surface area (Å²) in [5.74, 6) is -0.196. The zero-order valence-corrected chi connectivity index (χ0v) is 9.87. The van der Waals surface area contributed by atoms with Gasteiger partial charge < -0.3 is 15.8 Å². The molecule has 0 atom stereocenters. The van der Waals surface area contributed by atoms with Crippen LogP contribution in [-0.4, -0.2) is 32.2 Å². The van der Waals surface area contributed by atoms with Crippen molar-refractivity contribution in [2.24, 2.45) is 10.8 Å². The van der Waals surface area contributed by atoms with Crippen molar-refractivity contribution in [3.05, 3.63) is 40.3 Å². The van der Waals surface area contributed by atoms with E-state index in [1.54, 1.807) is 24.3 Å². The van der Waals surface area contributed by atoms with Gasteiger partial charge in [-0.3, -0.25) is 4.79 Å². The van der Waals surface area contributed by atoms with E-state index in [1.807, 2.05) is 0 Å². The summed E-state index contributed by atoms with van der Waals surface area (Å²) in [4.78, 5) is 14.3. The van der Waals surface area contributed by atoms with Crippen molar-refractivity contribution in [1.82, 2.24) is 5.32 Å². The third-order valence-corrected chi connectivity index (χ3v) is 2.08. The van der Waals surface area contributed by atoms with Gasteiger partial charge in [0.05, 0.1) is 13.2 Å². The molecule has 18 heavy (non-hydrogen) atoms. The number of amides is 1. The Kier molecular flexibility index (Phi) is 6.27. The van der Waals surface area contributed by atoms with Crippen LogP contribution in [0, 0.1) is 0 Å². The number of rotatable bonds is 7. The number of nitrogens with two attached hydrogens (primary N) is 1. The van der Waals surface area contributed by atoms with Gasteiger partial charge >= 0.3 is 0 Å². The smallest absolute Gasteiger partial charge is 0.251 e. The summed E-state index contributed by atoms with van der Waals surface area (Å²) in [6, 6.07) is 6.36. The van der Waals surface area contributed by atoms with E-state index < -0.39 is 0 Å². The Morgan fingerprint density at radius 2 is 2.11 bits per heavy atom. The normalized spacial score (nSPS) is 9.61. The largest absolute Gasteiger partial charge is 0.378 e. The number of benzene rings is 1. The first-order chi connectivity index (χ1) is 8.77. The lowest BCUT2D eigenvalue weighted by molar-refractivity contribution is 0.0920. The van der Waals surface area contributed by atoms with Gasteiger partial charge in [-0.15, -0.1) is 0 Å². The molecule has 1 aromatic carbocycles. The highest BCUT2D eigenvalue weighted by Crippen LogP contribution is 2.12. The molecule has 7 heteroatoms. The Labute approximate surface area is 105 Å². The van der Waals surface area contributed by atoms with Gasteiger partial charge in [-0.2, -0.15) is 0 Å². The molecule has 0 aliphatic rings. The molecule has 0 aromatic heterocycles. The average molecular weight is 249 g/mol. The Morgan fingerprint density at radius 3 is 2.72 bits per heavy atom. The van der Waals surface area contributed by atoms with Crippen LogP contribution in [0.3, 0.4) is 0 Å². The second kappa shape index (κ2) is 8.08. The lowest BCUT2D eigenvalue weighted by atomic mass is 10.2. The van der Waals surface area contributed by atoms with Crippen molar-refractivity contribution >= 4 is 11.6 Å². The lowest BCUT2D eigenvalue weighted by Crippen LogP contribution is -2.27. The highest BCUT2D eigenvalue weighted by Gasteiger charge is 2.03. The molecule has 1 rings (SSSR count). The van der Waals surface area contributed by atoms with Crippen LogP contribution < -0.4 is 11.1 Å². The fraction of sp³-hybridized carbons (Fsp3) is 0.364. The van der Waals surface area contributed by atoms with Crippen LogP contribution in [0.2, 0.25) is 0 Å². The highest BCUT2D eigenvalue weighted by atomic mass is 16.5. The fourth-order valence-electron chi connectivity index (χ4n) is 1.26. The van der Waals surface area contributed by atoms with Crippen molar-refractivity contribution < 1.29 is 9.53 Å². The molecule has 3 N–H and O–H groups in total. The second-order valence-corrected chi connectivity index (χ2v) is 3.39. The Bertz CT molecular complexity index is 426. The minimum Gasteiger partial charge on any atom is -0.378 e. The van der Waals surface area contributed by atoms with Crippen LogP contribution >= 0.6 is 0 Å². The van der Waals surface area contributed by atoms with E-state index in [4.69, 9.17) is 16.0 Å². The van der Waals surface area contributed by atoms with E-state index in [-0.39, 0.29) is 5.91 Å². The summed E-state index contributed by atoms with van der Waals surface area (Å²) in [6.45, 7) is 1.81. The van der Waals surface area contributed by atoms with Gasteiger partial charge in [-0.25, -0.2) is 0 Å². The van der Waals surface area contributed by atoms with Crippen molar-refractivity contribution in [2.75, 3.05) is 26.3 Å². The van der Waals surface area contributed by atoms with E-state index in [1.165, 1.54) is 0 Å². The van der Waals surface area contributed by atoms with E-state index in [0.717, 1.165) is 0 Å². The van der Waals surface area contributed by atoms with E-state index in [0.29, 0.717) is 37.6 Å². The number of carbonyl (C=O) groups excluding carboxylic acids is 1. The lowest BCUT2D eigenvalue weighted by Gasteiger charge is -2.05. The monoisotopic (exact) mass is 249 g/mol. The van der Waals surface area contributed by atoms with E-state index in [9.17, 15) is 4.79 Å². The quantitative estimate of drug-likeness (QED) is 0.329. The first kappa shape index (κ1) is 14.0. The zero-order valence-electron chi connectivity index (χ0n) is 9.87. The Balaban J connectivity index is 2.39. The number of azide groups is 1. The van der Waals surface area contributed by atoms with Crippen molar-refractivity contribution in [3.63, 3.8) is 0 Å². The second-order valence-electron chi connectivity index (χ2n) is 3.39. The van der Waals surface area contributed by atoms with Crippen molar-refractivity contribution in [1.29, 1.82) is 0 Å². The highest BCUT2D eigenvalue weighted by molar-refractivity contribution is 5.94. The molecule has 0 aliphatic heterocycles. The van der Waals surface area contributed by atoms with Crippen molar-refractivity contribution in [3.8, 4) is 0 Å². The molecular formula is C11H15N5O2. The number of hydrogen-bond donors (Lipinski definition) is 2. The Morgan fingerprint density at radius 1 is 1.39 bits per heavy atom. The average Bonchev–Trinajstić information content (AvgIpc) is 2.39. The van der Waals surface area contributed by atoms with Crippen molar-refractivity contribution in [2.45, 2.75) is 0 Å². The maximum Gasteiger partial charge on any atom is 0.251 e. The number of ether oxygens (including phenoxy) is 1. The SMILES string of the molecule is [N-]=[N+]=Nc1ccc(C(=O)NCCOCCN)cc1. The first-order valence-electron chi connectivity index (χ1n) is 5.49. The molecule has 0 bridgehead atoms. The number of carbonyl (C=O) groups is 1. The van der Waals surface area contributed by atoms with Gasteiger partial charge in [0, 0.05) is 29.3 Å². The third-order valence-electron chi connectivity index (χ3n) is 2.08. The Hall–Kier alpha value is -2.08. The molecule has 1 aromatic rings. The van der Waals surface area contributed by atoms with Gasteiger partial charge in [0.2, 0.25) is 0 Å². The van der Waals surface area contributed by atoms with Gasteiger partial charge in [0.25, 0.3) is 5.91 Å². The predicted molar refractivity (Wildman–Crippen MR) is 67.5 cm³/mol. The van der Waals surface area contributed by atoms with Gasteiger partial charge in [0.15, 0.2) is 0 Å². The standard InChI is InChI=1S/C11H15N5O2/c12-5-7-18-8-6-14-11(17)9-1-3-10(4-2-9)15-16-13/h1-4H,5-8,12H2,(H,14,17). The molecule has 96 valence electrons. The maximum atomic E-state index is 11.7. The molecule has 1 amide bonds. The summed E-state index contributed by atoms with van der Waals surface area (Å²) in [6.07, 6.45) is 0. The molecule has 0 heterocycles. The summed E-state index contributed by atoms with van der Waals surface area (Å²) < 4.78 is 5.13. The minimum absolute atomic E-state index is 0.196. The summed E-state index contributed by atoms with van der Waals surface area (Å²) in [7, 11) is 0. The van der Waals surface area contributed by atoms with E-state index in [2.05, 4.69) is 15.3 Å². The molecule has 0 radical (unpaired) electrons. The third kappa shape index (κ3) is 4.84. The maximum absolute atomic E-state index is 11.7. The number of nitrogens with one attached hydrogen (secondary N) is 1. The molecule has 0 unspecified atom stereocenters. The summed E-state index contributed by atoms with van der Waals surface area (Å²) >= 11 is 0. The molecule has 0 spiro atoms. The van der Waals surface area contributed by atoms with Crippen LogP contribution in [0.1, 0.15) is 10.4 Å². The van der Waals surface area contributed by atoms with Gasteiger partial charge in [0.1, 0.15) is 0 Å². The van der Waals surface area contributed by atoms with Crippen LogP contribution in [0.25, 0.3) is 10.4 Å². The van der Waals surface area contributed by atoms with Gasteiger partial charge in [-0.05, 0) is 17.7 Å². The van der Waals surface area contributed by atoms with Crippen LogP contribution in [0.5, 0.6) is 0 Å². The molecule has 0 saturated heterocycles. The molecule has 0 fully saturated rings. The number of nitrogens with zero attached hydrogens (tertiary/aromatic N) is 3. The number of hydrogen-bond acceptors (Lipinski definition) is 4. The minimum atomic E-state index is -0.196. The predicted octanol–water partition coefficient (Wildman–Crippen LogP) is 1.33. The topological polar surface area (TPSA) is 113 Å².